The molecule has 260 valence electrons. The van der Waals surface area contributed by atoms with E-state index in [1.807, 2.05) is 6.92 Å². The third-order valence-corrected chi connectivity index (χ3v) is 13.2. The zero-order valence-corrected chi connectivity index (χ0v) is 27.7. The largest absolute Gasteiger partial charge is 0.455 e. The van der Waals surface area contributed by atoms with Crippen molar-refractivity contribution in [3.8, 4) is 0 Å². The van der Waals surface area contributed by atoms with Crippen molar-refractivity contribution >= 4 is 11.9 Å². The van der Waals surface area contributed by atoms with Gasteiger partial charge in [0, 0.05) is 83.5 Å². The average Bonchev–Trinajstić information content (AvgIpc) is 3.39. The van der Waals surface area contributed by atoms with Crippen molar-refractivity contribution in [3.63, 3.8) is 0 Å². The van der Waals surface area contributed by atoms with E-state index >= 15 is 0 Å². The Morgan fingerprint density at radius 3 is 2.26 bits per heavy atom. The predicted molar refractivity (Wildman–Crippen MR) is 162 cm³/mol. The standard InChI is InChI=1S/C34H47NO12/c1-7-35-15-30(16-42-3)19(37)13-20(43-4)33-23(30)22(44-5)21(25(33)35)34(47-17(2)36)24-27(46-29(39)18-11-9-8-10-12-18)31(40,14-32(24,33)41)28(45-6)26(34)38/h8-12,19-28,37-38,40-41H,7,13-16H2,1-6H3/t19-,20+,21+,22+,23?,24?,25?,26+,27-,28+,30+,31-,32+,33-,34+/m1/s1. The monoisotopic (exact) mass is 661 g/mol. The lowest BCUT2D eigenvalue weighted by atomic mass is 9.40. The Balaban J connectivity index is 1.57. The Bertz CT molecular complexity index is 1410. The van der Waals surface area contributed by atoms with Gasteiger partial charge >= 0.3 is 11.9 Å². The molecule has 3 unspecified atom stereocenters. The lowest BCUT2D eigenvalue weighted by Gasteiger charge is -2.72. The molecule has 1 saturated heterocycles. The molecule has 5 saturated carbocycles. The number of methoxy groups -OCH3 is 4. The van der Waals surface area contributed by atoms with Crippen LogP contribution in [0.3, 0.4) is 0 Å². The molecule has 7 bridgehead atoms. The Hall–Kier alpha value is -2.20. The number of likely N-dealkylation sites (tertiary alicyclic amines) is 1. The number of aliphatic hydroxyl groups excluding tert-OH is 2. The summed E-state index contributed by atoms with van der Waals surface area (Å²) in [6.45, 7) is 4.15. The molecule has 1 aromatic carbocycles. The molecule has 1 spiro atoms. The maximum Gasteiger partial charge on any atom is 0.338 e. The first-order chi connectivity index (χ1) is 22.3. The lowest BCUT2D eigenvalue weighted by molar-refractivity contribution is -0.355. The smallest absolute Gasteiger partial charge is 0.338 e. The number of piperidine rings is 1. The van der Waals surface area contributed by atoms with E-state index in [0.717, 1.165) is 0 Å². The Morgan fingerprint density at radius 2 is 1.68 bits per heavy atom. The van der Waals surface area contributed by atoms with E-state index in [2.05, 4.69) is 4.90 Å². The van der Waals surface area contributed by atoms with Crippen LogP contribution in [0.5, 0.6) is 0 Å². The summed E-state index contributed by atoms with van der Waals surface area (Å²) in [6, 6.07) is 7.64. The average molecular weight is 662 g/mol. The van der Waals surface area contributed by atoms with Gasteiger partial charge < -0.3 is 48.8 Å². The summed E-state index contributed by atoms with van der Waals surface area (Å²) < 4.78 is 36.9. The summed E-state index contributed by atoms with van der Waals surface area (Å²) in [5.41, 5.74) is -8.15. The van der Waals surface area contributed by atoms with Crippen molar-refractivity contribution in [3.05, 3.63) is 35.9 Å². The fourth-order valence-electron chi connectivity index (χ4n) is 12.3. The van der Waals surface area contributed by atoms with E-state index in [0.29, 0.717) is 13.1 Å². The molecular formula is C34H47NO12. The molecule has 0 aromatic heterocycles. The highest BCUT2D eigenvalue weighted by atomic mass is 16.6. The van der Waals surface area contributed by atoms with Crippen LogP contribution in [-0.4, -0.2) is 145 Å². The summed E-state index contributed by atoms with van der Waals surface area (Å²) in [6.07, 6.45) is -7.38. The number of hydrogen-bond donors (Lipinski definition) is 4. The minimum atomic E-state index is -2.12. The van der Waals surface area contributed by atoms with Gasteiger partial charge in [0.1, 0.15) is 23.9 Å². The van der Waals surface area contributed by atoms with Crippen LogP contribution in [0, 0.1) is 28.6 Å². The third kappa shape index (κ3) is 3.65. The van der Waals surface area contributed by atoms with E-state index in [1.54, 1.807) is 37.4 Å². The van der Waals surface area contributed by atoms with Crippen LogP contribution in [0.4, 0.5) is 0 Å². The zero-order valence-electron chi connectivity index (χ0n) is 27.7. The van der Waals surface area contributed by atoms with Crippen molar-refractivity contribution in [2.45, 2.75) is 86.2 Å². The molecule has 7 rings (SSSR count). The predicted octanol–water partition coefficient (Wildman–Crippen LogP) is -0.237. The van der Waals surface area contributed by atoms with Crippen LogP contribution in [0.25, 0.3) is 0 Å². The number of nitrogens with zero attached hydrogens (tertiary/aromatic N) is 1. The van der Waals surface area contributed by atoms with Gasteiger partial charge in [0.15, 0.2) is 5.60 Å². The number of rotatable bonds is 9. The maximum atomic E-state index is 13.8. The Labute approximate surface area is 274 Å². The van der Waals surface area contributed by atoms with E-state index in [-0.39, 0.29) is 18.6 Å². The van der Waals surface area contributed by atoms with E-state index in [1.165, 1.54) is 28.3 Å². The first kappa shape index (κ1) is 33.3. The molecule has 13 nitrogen and oxygen atoms in total. The van der Waals surface area contributed by atoms with Crippen molar-refractivity contribution in [2.75, 3.05) is 48.1 Å². The van der Waals surface area contributed by atoms with E-state index in [9.17, 15) is 30.0 Å². The molecule has 5 aliphatic carbocycles. The highest BCUT2D eigenvalue weighted by molar-refractivity contribution is 5.89. The van der Waals surface area contributed by atoms with Gasteiger partial charge in [0.05, 0.1) is 42.0 Å². The number of ether oxygens (including phenoxy) is 6. The maximum absolute atomic E-state index is 13.8. The summed E-state index contributed by atoms with van der Waals surface area (Å²) in [5.74, 6) is -4.34. The summed E-state index contributed by atoms with van der Waals surface area (Å²) in [5, 5.41) is 51.1. The van der Waals surface area contributed by atoms with Gasteiger partial charge in [-0.1, -0.05) is 25.1 Å². The Kier molecular flexibility index (Phi) is 7.72. The van der Waals surface area contributed by atoms with Crippen molar-refractivity contribution < 1.29 is 58.4 Å². The van der Waals surface area contributed by atoms with Gasteiger partial charge in [0.2, 0.25) is 0 Å². The number of aliphatic hydroxyl groups is 4. The summed E-state index contributed by atoms with van der Waals surface area (Å²) in [4.78, 5) is 29.2. The molecule has 6 aliphatic rings. The van der Waals surface area contributed by atoms with Gasteiger partial charge in [-0.25, -0.2) is 4.79 Å². The van der Waals surface area contributed by atoms with Crippen LogP contribution in [0.15, 0.2) is 30.3 Å². The SMILES string of the molecule is CCN1C[C@@]2(COC)C3[C@@H](OC)[C@H]4C1[C@]3([C@@H](OC)C[C@H]2O)[C@]1(O)C[C@@]2(O)[C@H](OC(=O)c3ccccc3)C1[C@]4(OC(C)=O)[C@@H](O)[C@@H]2OC. The van der Waals surface area contributed by atoms with Crippen LogP contribution in [0.1, 0.15) is 37.0 Å². The highest BCUT2D eigenvalue weighted by Gasteiger charge is 2.96. The van der Waals surface area contributed by atoms with Crippen molar-refractivity contribution in [1.82, 2.24) is 4.90 Å². The molecule has 4 N–H and O–H groups in total. The quantitative estimate of drug-likeness (QED) is 0.256. The third-order valence-electron chi connectivity index (χ3n) is 13.2. The summed E-state index contributed by atoms with van der Waals surface area (Å²) >= 11 is 0. The first-order valence-electron chi connectivity index (χ1n) is 16.4. The van der Waals surface area contributed by atoms with E-state index in [4.69, 9.17) is 28.4 Å². The lowest BCUT2D eigenvalue weighted by Crippen LogP contribution is -2.85. The second-order valence-corrected chi connectivity index (χ2v) is 14.6. The number of fused-ring (bicyclic) bond motifs is 2. The molecule has 1 heterocycles. The van der Waals surface area contributed by atoms with Crippen molar-refractivity contribution in [2.24, 2.45) is 28.6 Å². The number of benzene rings is 1. The molecule has 1 aromatic rings. The second-order valence-electron chi connectivity index (χ2n) is 14.6. The molecule has 47 heavy (non-hydrogen) atoms. The molecule has 0 radical (unpaired) electrons. The topological polar surface area (TPSA) is 174 Å². The highest BCUT2D eigenvalue weighted by Crippen LogP contribution is 2.81. The molecule has 15 atom stereocenters. The van der Waals surface area contributed by atoms with Gasteiger partial charge in [-0.15, -0.1) is 0 Å². The van der Waals surface area contributed by atoms with Crippen LogP contribution in [-0.2, 0) is 33.2 Å². The normalized spacial score (nSPS) is 50.7. The van der Waals surface area contributed by atoms with Gasteiger partial charge in [-0.3, -0.25) is 9.69 Å². The number of esters is 2. The minimum Gasteiger partial charge on any atom is -0.455 e. The van der Waals surface area contributed by atoms with Gasteiger partial charge in [-0.2, -0.15) is 0 Å². The minimum absolute atomic E-state index is 0.119. The number of carbonyl (C=O) groups excluding carboxylic acids is 2. The fourth-order valence-corrected chi connectivity index (χ4v) is 12.3. The van der Waals surface area contributed by atoms with Gasteiger partial charge in [-0.05, 0) is 18.7 Å². The number of carbonyl (C=O) groups is 2. The summed E-state index contributed by atoms with van der Waals surface area (Å²) in [7, 11) is 5.94. The van der Waals surface area contributed by atoms with Gasteiger partial charge in [0.25, 0.3) is 0 Å². The van der Waals surface area contributed by atoms with Crippen molar-refractivity contribution in [1.29, 1.82) is 0 Å². The molecular weight excluding hydrogens is 614 g/mol. The molecule has 6 fully saturated rings. The van der Waals surface area contributed by atoms with Crippen LogP contribution >= 0.6 is 0 Å². The van der Waals surface area contributed by atoms with Crippen LogP contribution < -0.4 is 0 Å². The van der Waals surface area contributed by atoms with E-state index < -0.39 is 106 Å². The number of hydrogen-bond acceptors (Lipinski definition) is 13. The molecule has 13 heteroatoms. The first-order valence-corrected chi connectivity index (χ1v) is 16.4. The van der Waals surface area contributed by atoms with Crippen LogP contribution in [0.2, 0.25) is 0 Å². The molecule has 1 aliphatic heterocycles. The Morgan fingerprint density at radius 1 is 0.979 bits per heavy atom. The molecule has 0 amide bonds. The second kappa shape index (κ2) is 10.9. The fraction of sp³-hybridized carbons (Fsp3) is 0.765. The zero-order chi connectivity index (χ0) is 33.9.